The molecule has 1 aromatic heterocycles. The van der Waals surface area contributed by atoms with Gasteiger partial charge >= 0.3 is 0 Å². The Bertz CT molecular complexity index is 1410. The summed E-state index contributed by atoms with van der Waals surface area (Å²) >= 11 is 5.88. The lowest BCUT2D eigenvalue weighted by Crippen LogP contribution is -2.39. The molecule has 2 heterocycles. The summed E-state index contributed by atoms with van der Waals surface area (Å²) in [5.74, 6) is 2.61. The second kappa shape index (κ2) is 12.4. The Balaban J connectivity index is 1.54. The zero-order chi connectivity index (χ0) is 27.9. The molecule has 1 aliphatic heterocycles. The molecule has 9 nitrogen and oxygen atoms in total. The fourth-order valence-electron chi connectivity index (χ4n) is 4.29. The highest BCUT2D eigenvalue weighted by Crippen LogP contribution is 2.32. The number of methoxy groups -OCH3 is 1. The number of carbonyl (C=O) groups excluding carboxylic acids is 2. The number of amidine groups is 1. The Morgan fingerprint density at radius 1 is 1.13 bits per heavy atom. The molecular weight excluding hydrogens is 518 g/mol. The van der Waals surface area contributed by atoms with Gasteiger partial charge in [0.1, 0.15) is 17.4 Å². The Morgan fingerprint density at radius 3 is 2.41 bits per heavy atom. The molecule has 0 aliphatic carbocycles. The maximum Gasteiger partial charge on any atom is 0.259 e. The molecule has 1 fully saturated rings. The van der Waals surface area contributed by atoms with Crippen molar-refractivity contribution in [2.24, 2.45) is 5.92 Å². The van der Waals surface area contributed by atoms with E-state index in [9.17, 15) is 14.7 Å². The van der Waals surface area contributed by atoms with Crippen LogP contribution in [0.2, 0.25) is 5.02 Å². The number of halogens is 1. The molecule has 39 heavy (non-hydrogen) atoms. The number of carbonyl (C=O) groups is 2. The monoisotopic (exact) mass is 545 g/mol. The van der Waals surface area contributed by atoms with E-state index in [4.69, 9.17) is 28.2 Å². The van der Waals surface area contributed by atoms with Gasteiger partial charge < -0.3 is 25.4 Å². The first-order chi connectivity index (χ1) is 18.8. The lowest BCUT2D eigenvalue weighted by molar-refractivity contribution is 0.102. The molecule has 0 radical (unpaired) electrons. The summed E-state index contributed by atoms with van der Waals surface area (Å²) in [5, 5.41) is 23.8. The molecular formula is C29H28ClN5O4. The number of ether oxygens (including phenoxy) is 1. The van der Waals surface area contributed by atoms with Crippen molar-refractivity contribution in [3.8, 4) is 18.1 Å². The van der Waals surface area contributed by atoms with Gasteiger partial charge in [-0.1, -0.05) is 29.7 Å². The van der Waals surface area contributed by atoms with Gasteiger partial charge in [0.25, 0.3) is 11.8 Å². The van der Waals surface area contributed by atoms with Gasteiger partial charge in [0.05, 0.1) is 23.4 Å². The highest BCUT2D eigenvalue weighted by Gasteiger charge is 2.23. The predicted molar refractivity (Wildman–Crippen MR) is 151 cm³/mol. The van der Waals surface area contributed by atoms with Crippen molar-refractivity contribution in [1.82, 2.24) is 9.88 Å². The number of hydrogen-bond acceptors (Lipinski definition) is 6. The average Bonchev–Trinajstić information content (AvgIpc) is 2.98. The number of amides is 2. The van der Waals surface area contributed by atoms with Crippen LogP contribution in [0.4, 0.5) is 11.5 Å². The fourth-order valence-corrected chi connectivity index (χ4v) is 4.40. The van der Waals surface area contributed by atoms with Crippen LogP contribution < -0.4 is 15.4 Å². The lowest BCUT2D eigenvalue weighted by Gasteiger charge is -2.33. The molecule has 4 N–H and O–H groups in total. The summed E-state index contributed by atoms with van der Waals surface area (Å²) in [4.78, 5) is 32.4. The quantitative estimate of drug-likeness (QED) is 0.199. The number of terminal acetylenes is 1. The first kappa shape index (κ1) is 27.6. The SMILES string of the molecule is C#Cc1cc(OC)c(NC(=O)c2ccc(C(=N)N3CCC(CO)CC3)cc2)c(C(=O)Nc2ccc(Cl)cn2)c1. The zero-order valence-corrected chi connectivity index (χ0v) is 22.1. The van der Waals surface area contributed by atoms with Crippen molar-refractivity contribution in [2.45, 2.75) is 12.8 Å². The van der Waals surface area contributed by atoms with Crippen LogP contribution in [0, 0.1) is 23.7 Å². The molecule has 0 atom stereocenters. The topological polar surface area (TPSA) is 128 Å². The molecule has 2 aromatic carbocycles. The smallest absolute Gasteiger partial charge is 0.259 e. The van der Waals surface area contributed by atoms with E-state index in [1.165, 1.54) is 19.4 Å². The fraction of sp³-hybridized carbons (Fsp3) is 0.241. The summed E-state index contributed by atoms with van der Waals surface area (Å²) in [6.45, 7) is 1.58. The van der Waals surface area contributed by atoms with Crippen LogP contribution in [-0.2, 0) is 0 Å². The third kappa shape index (κ3) is 6.55. The third-order valence-electron chi connectivity index (χ3n) is 6.55. The van der Waals surface area contributed by atoms with E-state index in [2.05, 4.69) is 21.5 Å². The number of piperidine rings is 1. The van der Waals surface area contributed by atoms with Crippen LogP contribution in [0.5, 0.6) is 5.75 Å². The second-order valence-electron chi connectivity index (χ2n) is 9.05. The van der Waals surface area contributed by atoms with Crippen LogP contribution in [0.25, 0.3) is 0 Å². The molecule has 4 rings (SSSR count). The minimum Gasteiger partial charge on any atom is -0.495 e. The first-order valence-electron chi connectivity index (χ1n) is 12.3. The van der Waals surface area contributed by atoms with Crippen molar-refractivity contribution in [3.63, 3.8) is 0 Å². The predicted octanol–water partition coefficient (Wildman–Crippen LogP) is 4.26. The van der Waals surface area contributed by atoms with E-state index in [-0.39, 0.29) is 35.3 Å². The van der Waals surface area contributed by atoms with Gasteiger partial charge in [-0.15, -0.1) is 6.42 Å². The van der Waals surface area contributed by atoms with Crippen LogP contribution in [0.1, 0.15) is 44.7 Å². The number of aliphatic hydroxyl groups is 1. The van der Waals surface area contributed by atoms with Crippen molar-refractivity contribution in [1.29, 1.82) is 5.41 Å². The summed E-state index contributed by atoms with van der Waals surface area (Å²) in [6, 6.07) is 12.9. The average molecular weight is 546 g/mol. The van der Waals surface area contributed by atoms with Crippen LogP contribution in [0.3, 0.4) is 0 Å². The largest absolute Gasteiger partial charge is 0.495 e. The number of nitrogens with one attached hydrogen (secondary N) is 3. The Morgan fingerprint density at radius 2 is 1.82 bits per heavy atom. The van der Waals surface area contributed by atoms with Gasteiger partial charge in [-0.3, -0.25) is 15.0 Å². The van der Waals surface area contributed by atoms with Crippen LogP contribution in [0.15, 0.2) is 54.7 Å². The Hall–Kier alpha value is -4.39. The van der Waals surface area contributed by atoms with E-state index in [1.807, 2.05) is 4.90 Å². The van der Waals surface area contributed by atoms with Crippen LogP contribution >= 0.6 is 11.6 Å². The van der Waals surface area contributed by atoms with Gasteiger partial charge in [-0.2, -0.15) is 0 Å². The molecule has 10 heteroatoms. The van der Waals surface area contributed by atoms with Gasteiger partial charge in [-0.05, 0) is 55.2 Å². The van der Waals surface area contributed by atoms with Crippen molar-refractivity contribution in [3.05, 3.63) is 82.0 Å². The standard InChI is InChI=1S/C29H28ClN5O4/c1-3-18-14-23(29(38)33-25-9-8-22(30)16-32-25)26(24(15-18)39-2)34-28(37)21-6-4-20(5-7-21)27(31)35-12-10-19(17-36)11-13-35/h1,4-9,14-16,19,31,36H,10-13,17H2,2H3,(H,34,37)(H,32,33,38). The van der Waals surface area contributed by atoms with Crippen molar-refractivity contribution < 1.29 is 19.4 Å². The van der Waals surface area contributed by atoms with Gasteiger partial charge in [-0.25, -0.2) is 4.98 Å². The van der Waals surface area contributed by atoms with Gasteiger partial charge in [0.2, 0.25) is 0 Å². The summed E-state index contributed by atoms with van der Waals surface area (Å²) in [5.41, 5.74) is 1.65. The number of aliphatic hydroxyl groups excluding tert-OH is 1. The maximum atomic E-state index is 13.2. The highest BCUT2D eigenvalue weighted by atomic mass is 35.5. The van der Waals surface area contributed by atoms with E-state index in [1.54, 1.807) is 42.5 Å². The summed E-state index contributed by atoms with van der Waals surface area (Å²) < 4.78 is 5.44. The minimum absolute atomic E-state index is 0.0945. The minimum atomic E-state index is -0.552. The Labute approximate surface area is 231 Å². The van der Waals surface area contributed by atoms with E-state index in [0.29, 0.717) is 40.6 Å². The number of likely N-dealkylation sites (tertiary alicyclic amines) is 1. The summed E-state index contributed by atoms with van der Waals surface area (Å²) in [7, 11) is 1.41. The molecule has 0 spiro atoms. The van der Waals surface area contributed by atoms with Crippen molar-refractivity contribution >= 4 is 40.8 Å². The van der Waals surface area contributed by atoms with Crippen LogP contribution in [-0.4, -0.2) is 59.4 Å². The zero-order valence-electron chi connectivity index (χ0n) is 21.3. The number of rotatable bonds is 7. The molecule has 0 saturated carbocycles. The maximum absolute atomic E-state index is 13.2. The van der Waals surface area contributed by atoms with E-state index in [0.717, 1.165) is 12.8 Å². The van der Waals surface area contributed by atoms with Gasteiger partial charge in [0, 0.05) is 42.6 Å². The highest BCUT2D eigenvalue weighted by molar-refractivity contribution is 6.30. The number of pyridine rings is 1. The number of aromatic nitrogens is 1. The summed E-state index contributed by atoms with van der Waals surface area (Å²) in [6.07, 6.45) is 8.65. The normalized spacial score (nSPS) is 13.3. The first-order valence-corrected chi connectivity index (χ1v) is 12.7. The van der Waals surface area contributed by atoms with Crippen molar-refractivity contribution in [2.75, 3.05) is 37.4 Å². The molecule has 0 unspecified atom stereocenters. The van der Waals surface area contributed by atoms with E-state index >= 15 is 0 Å². The molecule has 2 amide bonds. The molecule has 0 bridgehead atoms. The number of nitrogens with zero attached hydrogens (tertiary/aromatic N) is 2. The lowest BCUT2D eigenvalue weighted by atomic mass is 9.97. The third-order valence-corrected chi connectivity index (χ3v) is 6.77. The second-order valence-corrected chi connectivity index (χ2v) is 9.49. The van der Waals surface area contributed by atoms with Gasteiger partial charge in [0.15, 0.2) is 0 Å². The molecule has 1 saturated heterocycles. The molecule has 3 aromatic rings. The molecule has 1 aliphatic rings. The number of benzene rings is 2. The number of anilines is 2. The number of hydrogen-bond donors (Lipinski definition) is 4. The Kier molecular flexibility index (Phi) is 8.81. The van der Waals surface area contributed by atoms with E-state index < -0.39 is 11.8 Å². The molecule has 200 valence electrons.